The third-order valence-corrected chi connectivity index (χ3v) is 4.95. The molecule has 2 aromatic rings. The minimum absolute atomic E-state index is 0.0176. The van der Waals surface area contributed by atoms with Crippen molar-refractivity contribution in [3.63, 3.8) is 0 Å². The van der Waals surface area contributed by atoms with Gasteiger partial charge in [-0.25, -0.2) is 9.97 Å². The van der Waals surface area contributed by atoms with E-state index in [1.165, 1.54) is 23.5 Å². The van der Waals surface area contributed by atoms with Gasteiger partial charge < -0.3 is 10.6 Å². The van der Waals surface area contributed by atoms with E-state index >= 15 is 0 Å². The number of rotatable bonds is 3. The Morgan fingerprint density at radius 1 is 1.50 bits per heavy atom. The molecule has 122 valence electrons. The van der Waals surface area contributed by atoms with Crippen LogP contribution in [0.3, 0.4) is 0 Å². The van der Waals surface area contributed by atoms with Gasteiger partial charge in [0.25, 0.3) is 0 Å². The monoisotopic (exact) mass is 339 g/mol. The molecule has 1 aliphatic heterocycles. The molecule has 0 saturated carbocycles. The second-order valence-electron chi connectivity index (χ2n) is 5.71. The van der Waals surface area contributed by atoms with E-state index in [-0.39, 0.29) is 28.6 Å². The first-order chi connectivity index (χ1) is 11.5. The zero-order valence-electron chi connectivity index (χ0n) is 13.4. The number of fused-ring (bicyclic) bond motifs is 1. The van der Waals surface area contributed by atoms with E-state index in [4.69, 9.17) is 11.0 Å². The van der Waals surface area contributed by atoms with E-state index in [9.17, 15) is 4.79 Å². The Bertz CT molecular complexity index is 832. The quantitative estimate of drug-likeness (QED) is 0.681. The molecular weight excluding hydrogens is 322 g/mol. The number of hydrogen-bond donors (Lipinski definition) is 1. The van der Waals surface area contributed by atoms with E-state index in [0.29, 0.717) is 5.16 Å². The van der Waals surface area contributed by atoms with Crippen LogP contribution in [0.5, 0.6) is 0 Å². The average molecular weight is 339 g/mol. The Kier molecular flexibility index (Phi) is 4.40. The lowest BCUT2D eigenvalue weighted by atomic mass is 10.1. The summed E-state index contributed by atoms with van der Waals surface area (Å²) < 4.78 is 0. The number of thioether (sulfide) groups is 1. The summed E-state index contributed by atoms with van der Waals surface area (Å²) in [7, 11) is 0. The van der Waals surface area contributed by atoms with Crippen molar-refractivity contribution in [1.82, 2.24) is 9.97 Å². The molecule has 0 spiro atoms. The number of nitrogens with zero attached hydrogens (tertiary/aromatic N) is 4. The SMILES string of the molecule is CC(Sc1ncc(C#N)c(N)n1)C(=O)N1c2ccccc2CC1C. The number of nitriles is 1. The van der Waals surface area contributed by atoms with E-state index < -0.39 is 0 Å². The van der Waals surface area contributed by atoms with Crippen LogP contribution in [-0.2, 0) is 11.2 Å². The van der Waals surface area contributed by atoms with Crippen LogP contribution in [0.4, 0.5) is 11.5 Å². The molecule has 2 heterocycles. The molecule has 2 atom stereocenters. The molecule has 6 nitrogen and oxygen atoms in total. The molecular formula is C17H17N5OS. The molecule has 24 heavy (non-hydrogen) atoms. The molecule has 0 saturated heterocycles. The molecule has 7 heteroatoms. The fourth-order valence-electron chi connectivity index (χ4n) is 2.83. The predicted octanol–water partition coefficient (Wildman–Crippen LogP) is 2.39. The van der Waals surface area contributed by atoms with E-state index in [1.807, 2.05) is 43.0 Å². The van der Waals surface area contributed by atoms with Crippen LogP contribution in [0.15, 0.2) is 35.6 Å². The second kappa shape index (κ2) is 6.49. The van der Waals surface area contributed by atoms with Crippen molar-refractivity contribution in [2.75, 3.05) is 10.6 Å². The van der Waals surface area contributed by atoms with Crippen molar-refractivity contribution in [2.24, 2.45) is 0 Å². The molecule has 3 rings (SSSR count). The van der Waals surface area contributed by atoms with Crippen LogP contribution in [0, 0.1) is 11.3 Å². The number of para-hydroxylation sites is 1. The standard InChI is InChI=1S/C17H17N5OS/c1-10-7-12-5-3-4-6-14(12)22(10)16(23)11(2)24-17-20-9-13(8-18)15(19)21-17/h3-6,9-11H,7H2,1-2H3,(H2,19,20,21). The topological polar surface area (TPSA) is 95.9 Å². The summed E-state index contributed by atoms with van der Waals surface area (Å²) in [6.45, 7) is 3.88. The summed E-state index contributed by atoms with van der Waals surface area (Å²) in [5, 5.41) is 8.91. The third kappa shape index (κ3) is 2.93. The summed E-state index contributed by atoms with van der Waals surface area (Å²) in [6.07, 6.45) is 2.25. The number of aromatic nitrogens is 2. The number of nitrogens with two attached hydrogens (primary N) is 1. The number of carbonyl (C=O) groups is 1. The maximum absolute atomic E-state index is 12.9. The maximum atomic E-state index is 12.9. The number of nitrogen functional groups attached to an aromatic ring is 1. The van der Waals surface area contributed by atoms with Crippen LogP contribution in [0.2, 0.25) is 0 Å². The van der Waals surface area contributed by atoms with Gasteiger partial charge >= 0.3 is 0 Å². The van der Waals surface area contributed by atoms with Gasteiger partial charge in [-0.05, 0) is 31.9 Å². The van der Waals surface area contributed by atoms with Crippen molar-refractivity contribution < 1.29 is 4.79 Å². The van der Waals surface area contributed by atoms with Crippen LogP contribution < -0.4 is 10.6 Å². The van der Waals surface area contributed by atoms with Crippen molar-refractivity contribution in [3.8, 4) is 6.07 Å². The molecule has 0 radical (unpaired) electrons. The molecule has 0 fully saturated rings. The zero-order chi connectivity index (χ0) is 17.3. The summed E-state index contributed by atoms with van der Waals surface area (Å²) in [4.78, 5) is 22.9. The Morgan fingerprint density at radius 2 is 2.25 bits per heavy atom. The maximum Gasteiger partial charge on any atom is 0.240 e. The van der Waals surface area contributed by atoms with Crippen LogP contribution in [0.25, 0.3) is 0 Å². The normalized spacial score (nSPS) is 17.2. The lowest BCUT2D eigenvalue weighted by Gasteiger charge is -2.25. The highest BCUT2D eigenvalue weighted by atomic mass is 32.2. The van der Waals surface area contributed by atoms with Crippen LogP contribution in [0.1, 0.15) is 25.0 Å². The van der Waals surface area contributed by atoms with E-state index in [1.54, 1.807) is 0 Å². The van der Waals surface area contributed by atoms with Gasteiger partial charge in [0, 0.05) is 11.7 Å². The van der Waals surface area contributed by atoms with Crippen molar-refractivity contribution >= 4 is 29.2 Å². The van der Waals surface area contributed by atoms with Gasteiger partial charge in [0.1, 0.15) is 17.5 Å². The van der Waals surface area contributed by atoms with Gasteiger partial charge in [-0.15, -0.1) is 0 Å². The highest BCUT2D eigenvalue weighted by Gasteiger charge is 2.33. The summed E-state index contributed by atoms with van der Waals surface area (Å²) in [5.74, 6) is 0.151. The van der Waals surface area contributed by atoms with E-state index in [2.05, 4.69) is 16.0 Å². The van der Waals surface area contributed by atoms with Crippen molar-refractivity contribution in [2.45, 2.75) is 36.7 Å². The molecule has 1 aromatic heterocycles. The molecule has 0 aliphatic carbocycles. The Balaban J connectivity index is 1.78. The number of carbonyl (C=O) groups excluding carboxylic acids is 1. The van der Waals surface area contributed by atoms with Gasteiger partial charge in [-0.2, -0.15) is 5.26 Å². The lowest BCUT2D eigenvalue weighted by molar-refractivity contribution is -0.118. The van der Waals surface area contributed by atoms with E-state index in [0.717, 1.165) is 12.1 Å². The number of amides is 1. The fourth-order valence-corrected chi connectivity index (χ4v) is 3.62. The summed E-state index contributed by atoms with van der Waals surface area (Å²) in [6, 6.07) is 10.0. The Morgan fingerprint density at radius 3 is 2.96 bits per heavy atom. The summed E-state index contributed by atoms with van der Waals surface area (Å²) >= 11 is 1.25. The lowest BCUT2D eigenvalue weighted by Crippen LogP contribution is -2.40. The molecule has 1 aliphatic rings. The molecule has 2 N–H and O–H groups in total. The summed E-state index contributed by atoms with van der Waals surface area (Å²) in [5.41, 5.74) is 8.11. The number of benzene rings is 1. The smallest absolute Gasteiger partial charge is 0.240 e. The van der Waals surface area contributed by atoms with Gasteiger partial charge in [-0.1, -0.05) is 30.0 Å². The van der Waals surface area contributed by atoms with Crippen molar-refractivity contribution in [1.29, 1.82) is 5.26 Å². The first-order valence-corrected chi connectivity index (χ1v) is 8.49. The first kappa shape index (κ1) is 16.3. The highest BCUT2D eigenvalue weighted by Crippen LogP contribution is 2.34. The zero-order valence-corrected chi connectivity index (χ0v) is 14.2. The average Bonchev–Trinajstić information content (AvgIpc) is 2.90. The fraction of sp³-hybridized carbons (Fsp3) is 0.294. The number of hydrogen-bond acceptors (Lipinski definition) is 6. The van der Waals surface area contributed by atoms with Crippen LogP contribution >= 0.6 is 11.8 Å². The minimum atomic E-state index is -0.356. The van der Waals surface area contributed by atoms with Crippen LogP contribution in [-0.4, -0.2) is 27.2 Å². The highest BCUT2D eigenvalue weighted by molar-refractivity contribution is 8.00. The molecule has 2 unspecified atom stereocenters. The first-order valence-electron chi connectivity index (χ1n) is 7.61. The third-order valence-electron chi connectivity index (χ3n) is 3.99. The Hall–Kier alpha value is -2.59. The van der Waals surface area contributed by atoms with Crippen molar-refractivity contribution in [3.05, 3.63) is 41.6 Å². The molecule has 1 aromatic carbocycles. The largest absolute Gasteiger partial charge is 0.382 e. The van der Waals surface area contributed by atoms with Gasteiger partial charge in [0.2, 0.25) is 5.91 Å². The molecule has 1 amide bonds. The minimum Gasteiger partial charge on any atom is -0.382 e. The predicted molar refractivity (Wildman–Crippen MR) is 93.6 cm³/mol. The number of anilines is 2. The Labute approximate surface area is 144 Å². The molecule has 0 bridgehead atoms. The second-order valence-corrected chi connectivity index (χ2v) is 7.02. The van der Waals surface area contributed by atoms with Gasteiger partial charge in [-0.3, -0.25) is 4.79 Å². The van der Waals surface area contributed by atoms with Gasteiger partial charge in [0.15, 0.2) is 5.16 Å². The van der Waals surface area contributed by atoms with Gasteiger partial charge in [0.05, 0.1) is 11.4 Å².